The predicted molar refractivity (Wildman–Crippen MR) is 60.7 cm³/mol. The normalized spacial score (nSPS) is 19.4. The molecular formula is C8H13NO6P2. The van der Waals surface area contributed by atoms with Crippen molar-refractivity contribution in [2.75, 3.05) is 6.66 Å². The van der Waals surface area contributed by atoms with Gasteiger partial charge in [-0.15, -0.1) is 0 Å². The fourth-order valence-corrected chi connectivity index (χ4v) is 4.07. The maximum absolute atomic E-state index is 11.5. The third-order valence-electron chi connectivity index (χ3n) is 2.30. The van der Waals surface area contributed by atoms with E-state index in [9.17, 15) is 19.1 Å². The summed E-state index contributed by atoms with van der Waals surface area (Å²) in [6.45, 7) is 0.711. The second-order valence-electron chi connectivity index (χ2n) is 3.74. The van der Waals surface area contributed by atoms with Crippen molar-refractivity contribution in [2.45, 2.75) is 11.5 Å². The van der Waals surface area contributed by atoms with E-state index in [0.29, 0.717) is 6.66 Å². The second-order valence-corrected chi connectivity index (χ2v) is 8.41. The summed E-state index contributed by atoms with van der Waals surface area (Å²) < 4.78 is 22.7. The quantitative estimate of drug-likeness (QED) is 0.586. The van der Waals surface area contributed by atoms with Gasteiger partial charge in [0.05, 0.1) is 0 Å². The standard InChI is InChI=1S/C8H13NO6P2/c1-16(11,12)8(10,17(13,14)15)5-7-3-2-4-9-6-7/h2-4,6,10H,5H2,1H3,(H,11,12)(H2,13,14,15). The maximum atomic E-state index is 11.5. The van der Waals surface area contributed by atoms with Gasteiger partial charge in [-0.05, 0) is 11.6 Å². The van der Waals surface area contributed by atoms with Gasteiger partial charge in [0.15, 0.2) is 0 Å². The van der Waals surface area contributed by atoms with E-state index in [1.165, 1.54) is 24.5 Å². The van der Waals surface area contributed by atoms with Crippen LogP contribution >= 0.6 is 15.0 Å². The van der Waals surface area contributed by atoms with Crippen molar-refractivity contribution in [1.82, 2.24) is 4.98 Å². The Morgan fingerprint density at radius 2 is 1.94 bits per heavy atom. The maximum Gasteiger partial charge on any atom is 0.367 e. The molecular weight excluding hydrogens is 268 g/mol. The summed E-state index contributed by atoms with van der Waals surface area (Å²) in [6.07, 6.45) is 2.05. The molecule has 96 valence electrons. The highest BCUT2D eigenvalue weighted by atomic mass is 31.2. The molecule has 0 aliphatic rings. The molecule has 0 saturated carbocycles. The van der Waals surface area contributed by atoms with E-state index in [0.717, 1.165) is 0 Å². The minimum Gasteiger partial charge on any atom is -0.369 e. The summed E-state index contributed by atoms with van der Waals surface area (Å²) in [5.41, 5.74) is 0.259. The lowest BCUT2D eigenvalue weighted by Crippen LogP contribution is -2.31. The molecule has 0 saturated heterocycles. The molecule has 2 atom stereocenters. The number of aliphatic hydroxyl groups is 1. The number of aromatic nitrogens is 1. The molecule has 1 rings (SSSR count). The zero-order valence-electron chi connectivity index (χ0n) is 8.96. The number of rotatable bonds is 4. The molecule has 0 spiro atoms. The van der Waals surface area contributed by atoms with Gasteiger partial charge in [-0.2, -0.15) is 0 Å². The van der Waals surface area contributed by atoms with Crippen LogP contribution in [0.1, 0.15) is 5.56 Å². The molecule has 7 nitrogen and oxygen atoms in total. The molecule has 9 heteroatoms. The van der Waals surface area contributed by atoms with E-state index in [2.05, 4.69) is 4.98 Å². The van der Waals surface area contributed by atoms with Gasteiger partial charge in [0.2, 0.25) is 12.5 Å². The van der Waals surface area contributed by atoms with Gasteiger partial charge >= 0.3 is 7.60 Å². The van der Waals surface area contributed by atoms with Crippen LogP contribution in [0.4, 0.5) is 0 Å². The Bertz CT molecular complexity index is 456. The van der Waals surface area contributed by atoms with E-state index in [4.69, 9.17) is 9.79 Å². The highest BCUT2D eigenvalue weighted by Crippen LogP contribution is 2.68. The SMILES string of the molecule is CP(=O)(O)C(O)(Cc1cccnc1)P(=O)(O)O. The molecule has 17 heavy (non-hydrogen) atoms. The third kappa shape index (κ3) is 3.01. The topological polar surface area (TPSA) is 128 Å². The molecule has 0 radical (unpaired) electrons. The van der Waals surface area contributed by atoms with Gasteiger partial charge in [0.25, 0.3) is 0 Å². The lowest BCUT2D eigenvalue weighted by atomic mass is 10.2. The van der Waals surface area contributed by atoms with Crippen molar-refractivity contribution < 1.29 is 28.9 Å². The predicted octanol–water partition coefficient (Wildman–Crippen LogP) is 0.348. The van der Waals surface area contributed by atoms with E-state index < -0.39 is 26.5 Å². The summed E-state index contributed by atoms with van der Waals surface area (Å²) in [5.74, 6) is 0. The van der Waals surface area contributed by atoms with E-state index in [-0.39, 0.29) is 5.56 Å². The van der Waals surface area contributed by atoms with E-state index in [1.54, 1.807) is 0 Å². The molecule has 0 aliphatic carbocycles. The van der Waals surface area contributed by atoms with Crippen LogP contribution in [0.25, 0.3) is 0 Å². The number of pyridine rings is 1. The first kappa shape index (κ1) is 14.5. The summed E-state index contributed by atoms with van der Waals surface area (Å²) >= 11 is 0. The first-order valence-corrected chi connectivity index (χ1v) is 8.27. The smallest absolute Gasteiger partial charge is 0.367 e. The highest BCUT2D eigenvalue weighted by molar-refractivity contribution is 7.74. The Labute approximate surface area is 97.8 Å². The Kier molecular flexibility index (Phi) is 3.94. The van der Waals surface area contributed by atoms with E-state index in [1.807, 2.05) is 0 Å². The van der Waals surface area contributed by atoms with Crippen LogP contribution in [0.15, 0.2) is 24.5 Å². The molecule has 0 fully saturated rings. The number of nitrogens with zero attached hydrogens (tertiary/aromatic N) is 1. The van der Waals surface area contributed by atoms with Gasteiger partial charge in [-0.25, -0.2) is 0 Å². The van der Waals surface area contributed by atoms with Crippen LogP contribution in [0.2, 0.25) is 0 Å². The molecule has 1 heterocycles. The summed E-state index contributed by atoms with van der Waals surface area (Å²) in [5, 5.41) is 6.85. The molecule has 0 amide bonds. The van der Waals surface area contributed by atoms with Crippen molar-refractivity contribution in [3.63, 3.8) is 0 Å². The first-order chi connectivity index (χ1) is 7.58. The zero-order valence-corrected chi connectivity index (χ0v) is 10.8. The molecule has 0 aromatic carbocycles. The largest absolute Gasteiger partial charge is 0.369 e. The van der Waals surface area contributed by atoms with Crippen LogP contribution in [-0.2, 0) is 15.6 Å². The lowest BCUT2D eigenvalue weighted by molar-refractivity contribution is 0.149. The van der Waals surface area contributed by atoms with Crippen LogP contribution in [0.5, 0.6) is 0 Å². The fraction of sp³-hybridized carbons (Fsp3) is 0.375. The average Bonchev–Trinajstić information content (AvgIpc) is 2.15. The second kappa shape index (κ2) is 4.61. The monoisotopic (exact) mass is 281 g/mol. The van der Waals surface area contributed by atoms with Crippen LogP contribution in [-0.4, -0.2) is 36.5 Å². The molecule has 2 unspecified atom stereocenters. The summed E-state index contributed by atoms with van der Waals surface area (Å²) in [7, 11) is -9.57. The van der Waals surface area contributed by atoms with Crippen molar-refractivity contribution >= 4 is 15.0 Å². The van der Waals surface area contributed by atoms with Gasteiger partial charge < -0.3 is 19.8 Å². The Morgan fingerprint density at radius 1 is 1.35 bits per heavy atom. The minimum absolute atomic E-state index is 0.259. The lowest BCUT2D eigenvalue weighted by Gasteiger charge is -2.30. The van der Waals surface area contributed by atoms with Crippen molar-refractivity contribution in [2.24, 2.45) is 0 Å². The number of hydrogen-bond donors (Lipinski definition) is 4. The highest BCUT2D eigenvalue weighted by Gasteiger charge is 2.56. The number of hydrogen-bond acceptors (Lipinski definition) is 4. The summed E-state index contributed by atoms with van der Waals surface area (Å²) in [6, 6.07) is 2.94. The third-order valence-corrected chi connectivity index (χ3v) is 6.77. The van der Waals surface area contributed by atoms with Gasteiger partial charge in [0, 0.05) is 25.5 Å². The first-order valence-electron chi connectivity index (χ1n) is 4.55. The van der Waals surface area contributed by atoms with Gasteiger partial charge in [-0.1, -0.05) is 6.07 Å². The molecule has 0 aliphatic heterocycles. The molecule has 4 N–H and O–H groups in total. The fourth-order valence-electron chi connectivity index (χ4n) is 1.27. The Balaban J connectivity index is 3.20. The summed E-state index contributed by atoms with van der Waals surface area (Å²) in [4.78, 5) is 31.1. The zero-order chi connectivity index (χ0) is 13.3. The van der Waals surface area contributed by atoms with Gasteiger partial charge in [0.1, 0.15) is 0 Å². The van der Waals surface area contributed by atoms with Crippen LogP contribution < -0.4 is 0 Å². The molecule has 0 bridgehead atoms. The van der Waals surface area contributed by atoms with Crippen molar-refractivity contribution in [3.05, 3.63) is 30.1 Å². The minimum atomic E-state index is -5.16. The average molecular weight is 281 g/mol. The van der Waals surface area contributed by atoms with Crippen LogP contribution in [0, 0.1) is 0 Å². The van der Waals surface area contributed by atoms with E-state index >= 15 is 0 Å². The Morgan fingerprint density at radius 3 is 2.29 bits per heavy atom. The van der Waals surface area contributed by atoms with Gasteiger partial charge in [-0.3, -0.25) is 14.1 Å². The van der Waals surface area contributed by atoms with Crippen LogP contribution in [0.3, 0.4) is 0 Å². The molecule has 1 aromatic rings. The van der Waals surface area contributed by atoms with Crippen molar-refractivity contribution in [3.8, 4) is 0 Å². The Hall–Kier alpha value is -0.550. The molecule has 1 aromatic heterocycles. The van der Waals surface area contributed by atoms with Crippen molar-refractivity contribution in [1.29, 1.82) is 0 Å².